The van der Waals surface area contributed by atoms with Crippen molar-refractivity contribution in [1.82, 2.24) is 15.3 Å². The summed E-state index contributed by atoms with van der Waals surface area (Å²) < 4.78 is 4.63. The first-order chi connectivity index (χ1) is 10.2. The summed E-state index contributed by atoms with van der Waals surface area (Å²) in [7, 11) is 0. The molecule has 0 fully saturated rings. The molecular weight excluding hydrogens is 274 g/mol. The third-order valence-electron chi connectivity index (χ3n) is 3.15. The van der Waals surface area contributed by atoms with Gasteiger partial charge in [-0.05, 0) is 34.9 Å². The van der Waals surface area contributed by atoms with Gasteiger partial charge in [-0.3, -0.25) is 15.1 Å². The second kappa shape index (κ2) is 5.16. The van der Waals surface area contributed by atoms with Crippen molar-refractivity contribution >= 4 is 22.4 Å². The van der Waals surface area contributed by atoms with Crippen LogP contribution in [0.2, 0.25) is 0 Å². The van der Waals surface area contributed by atoms with E-state index in [4.69, 9.17) is 0 Å². The fourth-order valence-electron chi connectivity index (χ4n) is 2.07. The topological polar surface area (TPSA) is 107 Å². The summed E-state index contributed by atoms with van der Waals surface area (Å²) >= 11 is 0. The molecule has 0 radical (unpaired) electrons. The normalized spacial score (nSPS) is 12.2. The van der Waals surface area contributed by atoms with Crippen molar-refractivity contribution in [1.29, 1.82) is 0 Å². The predicted molar refractivity (Wildman–Crippen MR) is 74.7 cm³/mol. The third kappa shape index (κ3) is 2.38. The number of pyridine rings is 1. The smallest absolute Gasteiger partial charge is 0.300 e. The number of aromatic nitrogens is 3. The van der Waals surface area contributed by atoms with Crippen molar-refractivity contribution in [3.8, 4) is 0 Å². The molecule has 0 saturated carbocycles. The van der Waals surface area contributed by atoms with Gasteiger partial charge in [-0.15, -0.1) is 0 Å². The molecule has 0 amide bonds. The lowest BCUT2D eigenvalue weighted by Gasteiger charge is -2.15. The van der Waals surface area contributed by atoms with Crippen LogP contribution >= 0.6 is 0 Å². The zero-order valence-corrected chi connectivity index (χ0v) is 11.1. The van der Waals surface area contributed by atoms with Gasteiger partial charge in [0.2, 0.25) is 5.52 Å². The minimum Gasteiger partial charge on any atom is -0.377 e. The highest BCUT2D eigenvalue weighted by molar-refractivity contribution is 5.93. The second-order valence-electron chi connectivity index (χ2n) is 4.50. The van der Waals surface area contributed by atoms with Gasteiger partial charge in [0.15, 0.2) is 5.52 Å². The number of nitrogens with one attached hydrogen (secondary N) is 1. The number of nitro groups is 1. The van der Waals surface area contributed by atoms with Gasteiger partial charge < -0.3 is 5.32 Å². The Hall–Kier alpha value is -3.03. The van der Waals surface area contributed by atoms with Crippen molar-refractivity contribution in [2.75, 3.05) is 5.32 Å². The van der Waals surface area contributed by atoms with Crippen LogP contribution < -0.4 is 5.32 Å². The second-order valence-corrected chi connectivity index (χ2v) is 4.50. The Bertz CT molecular complexity index is 787. The first-order valence-corrected chi connectivity index (χ1v) is 6.23. The summed E-state index contributed by atoms with van der Waals surface area (Å²) in [6, 6.07) is 6.72. The Morgan fingerprint density at radius 2 is 2.10 bits per heavy atom. The minimum atomic E-state index is -0.513. The van der Waals surface area contributed by atoms with E-state index in [1.807, 2.05) is 19.1 Å². The number of non-ortho nitro benzene ring substituents is 1. The zero-order chi connectivity index (χ0) is 14.8. The molecule has 3 aromatic rings. The Morgan fingerprint density at radius 3 is 2.81 bits per heavy atom. The van der Waals surface area contributed by atoms with Crippen molar-refractivity contribution in [2.45, 2.75) is 13.0 Å². The van der Waals surface area contributed by atoms with Gasteiger partial charge >= 0.3 is 5.69 Å². The van der Waals surface area contributed by atoms with Crippen LogP contribution in [0.3, 0.4) is 0 Å². The molecule has 0 spiro atoms. The zero-order valence-electron chi connectivity index (χ0n) is 11.1. The molecule has 1 N–H and O–H groups in total. The summed E-state index contributed by atoms with van der Waals surface area (Å²) in [6.45, 7) is 1.96. The molecule has 0 aliphatic rings. The summed E-state index contributed by atoms with van der Waals surface area (Å²) in [6.07, 6.45) is 3.45. The average molecular weight is 285 g/mol. The van der Waals surface area contributed by atoms with Gasteiger partial charge in [0.1, 0.15) is 0 Å². The molecule has 0 aliphatic carbocycles. The van der Waals surface area contributed by atoms with Crippen LogP contribution in [-0.2, 0) is 0 Å². The molecule has 1 atom stereocenters. The van der Waals surface area contributed by atoms with Crippen molar-refractivity contribution in [3.05, 3.63) is 52.3 Å². The molecule has 8 nitrogen and oxygen atoms in total. The van der Waals surface area contributed by atoms with Gasteiger partial charge in [-0.2, -0.15) is 0 Å². The monoisotopic (exact) mass is 285 g/mol. The summed E-state index contributed by atoms with van der Waals surface area (Å²) in [4.78, 5) is 14.5. The summed E-state index contributed by atoms with van der Waals surface area (Å²) in [5, 5.41) is 21.5. The van der Waals surface area contributed by atoms with Gasteiger partial charge in [0, 0.05) is 18.5 Å². The maximum absolute atomic E-state index is 10.9. The molecule has 0 aliphatic heterocycles. The van der Waals surface area contributed by atoms with Crippen molar-refractivity contribution < 1.29 is 9.55 Å². The molecule has 2 aromatic heterocycles. The first-order valence-electron chi connectivity index (χ1n) is 6.23. The molecular formula is C13H11N5O3. The predicted octanol–water partition coefficient (Wildman–Crippen LogP) is 2.70. The SMILES string of the molecule is CC(Nc1ccc([N+](=O)[O-])c2nonc12)c1cccnc1. The van der Waals surface area contributed by atoms with Crippen LogP contribution in [0.15, 0.2) is 41.3 Å². The number of rotatable bonds is 4. The van der Waals surface area contributed by atoms with Crippen molar-refractivity contribution in [3.63, 3.8) is 0 Å². The first kappa shape index (κ1) is 13.0. The van der Waals surface area contributed by atoms with E-state index in [0.29, 0.717) is 11.2 Å². The number of benzene rings is 1. The Labute approximate surface area is 118 Å². The minimum absolute atomic E-state index is 0.0416. The number of nitrogens with zero attached hydrogens (tertiary/aromatic N) is 4. The fraction of sp³-hybridized carbons (Fsp3) is 0.154. The molecule has 0 saturated heterocycles. The van der Waals surface area contributed by atoms with Crippen LogP contribution in [0.4, 0.5) is 11.4 Å². The van der Waals surface area contributed by atoms with Gasteiger partial charge in [0.05, 0.1) is 16.7 Å². The highest BCUT2D eigenvalue weighted by atomic mass is 16.6. The highest BCUT2D eigenvalue weighted by Gasteiger charge is 2.20. The molecule has 3 rings (SSSR count). The van der Waals surface area contributed by atoms with E-state index in [0.717, 1.165) is 5.56 Å². The lowest BCUT2D eigenvalue weighted by molar-refractivity contribution is -0.383. The van der Waals surface area contributed by atoms with E-state index in [-0.39, 0.29) is 17.2 Å². The highest BCUT2D eigenvalue weighted by Crippen LogP contribution is 2.30. The Kier molecular flexibility index (Phi) is 3.19. The quantitative estimate of drug-likeness (QED) is 0.580. The number of anilines is 1. The molecule has 8 heteroatoms. The summed E-state index contributed by atoms with van der Waals surface area (Å²) in [5.74, 6) is 0. The number of hydrogen-bond donors (Lipinski definition) is 1. The molecule has 21 heavy (non-hydrogen) atoms. The van der Waals surface area contributed by atoms with Gasteiger partial charge in [-0.25, -0.2) is 4.63 Å². The number of fused-ring (bicyclic) bond motifs is 1. The Morgan fingerprint density at radius 1 is 1.29 bits per heavy atom. The van der Waals surface area contributed by atoms with Gasteiger partial charge in [0.25, 0.3) is 0 Å². The summed E-state index contributed by atoms with van der Waals surface area (Å²) in [5.41, 5.74) is 1.93. The van der Waals surface area contributed by atoms with Crippen LogP contribution in [0.1, 0.15) is 18.5 Å². The molecule has 1 unspecified atom stereocenters. The van der Waals surface area contributed by atoms with Crippen LogP contribution in [0.25, 0.3) is 11.0 Å². The number of nitro benzene ring substituents is 1. The van der Waals surface area contributed by atoms with Gasteiger partial charge in [-0.1, -0.05) is 6.07 Å². The molecule has 0 bridgehead atoms. The van der Waals surface area contributed by atoms with Crippen LogP contribution in [-0.4, -0.2) is 20.2 Å². The Balaban J connectivity index is 1.97. The van der Waals surface area contributed by atoms with E-state index in [1.165, 1.54) is 6.07 Å². The number of hydrogen-bond acceptors (Lipinski definition) is 7. The lowest BCUT2D eigenvalue weighted by Crippen LogP contribution is -2.07. The third-order valence-corrected chi connectivity index (χ3v) is 3.15. The molecule has 1 aromatic carbocycles. The maximum Gasteiger partial charge on any atom is 0.300 e. The molecule has 2 heterocycles. The largest absolute Gasteiger partial charge is 0.377 e. The fourth-order valence-corrected chi connectivity index (χ4v) is 2.07. The standard InChI is InChI=1S/C13H11N5O3/c1-8(9-3-2-6-14-7-9)15-10-4-5-11(18(19)20)13-12(10)16-21-17-13/h2-8,15H,1H3. The van der Waals surface area contributed by atoms with E-state index in [1.54, 1.807) is 18.5 Å². The van der Waals surface area contributed by atoms with E-state index in [2.05, 4.69) is 25.2 Å². The van der Waals surface area contributed by atoms with Crippen molar-refractivity contribution in [2.24, 2.45) is 0 Å². The van der Waals surface area contributed by atoms with Crippen LogP contribution in [0.5, 0.6) is 0 Å². The molecule has 106 valence electrons. The maximum atomic E-state index is 10.9. The van der Waals surface area contributed by atoms with E-state index in [9.17, 15) is 10.1 Å². The van der Waals surface area contributed by atoms with E-state index >= 15 is 0 Å². The van der Waals surface area contributed by atoms with Crippen LogP contribution in [0, 0.1) is 10.1 Å². The van der Waals surface area contributed by atoms with E-state index < -0.39 is 4.92 Å². The lowest BCUT2D eigenvalue weighted by atomic mass is 10.1. The average Bonchev–Trinajstić information content (AvgIpc) is 2.98.